The Morgan fingerprint density at radius 1 is 0.453 bits per heavy atom. The fourth-order valence-corrected chi connectivity index (χ4v) is 18.8. The number of Topliss-reactive ketones (excluding diaryl/α,β-unsaturated/α-hetero) is 1. The van der Waals surface area contributed by atoms with Crippen LogP contribution >= 0.6 is 50.7 Å². The van der Waals surface area contributed by atoms with Crippen LogP contribution in [0.2, 0.25) is 15.1 Å². The molecule has 10 aromatic rings. The first-order valence-corrected chi connectivity index (χ1v) is 45.8. The third-order valence-electron chi connectivity index (χ3n) is 25.5. The molecule has 0 spiro atoms. The Bertz CT molecular complexity index is 6620. The number of nitrogens with one attached hydrogen (secondary N) is 3. The molecule has 17 rings (SSSR count). The maximum absolute atomic E-state index is 16.2. The molecule has 7 fully saturated rings. The number of carbonyl (C=O) groups is 9. The van der Waals surface area contributed by atoms with Gasteiger partial charge in [0.1, 0.15) is 59.1 Å². The summed E-state index contributed by atoms with van der Waals surface area (Å²) in [6, 6.07) is 40.7. The maximum Gasteiger partial charge on any atom is 0.497 e. The first-order valence-electron chi connectivity index (χ1n) is 43.9. The Morgan fingerprint density at radius 2 is 0.842 bits per heavy atom. The number of hydrogen-bond acceptors (Lipinski definition) is 18. The third kappa shape index (κ3) is 21.6. The topological polar surface area (TPSA) is 347 Å². The van der Waals surface area contributed by atoms with Crippen LogP contribution in [-0.2, 0) is 52.5 Å². The van der Waals surface area contributed by atoms with Crippen molar-refractivity contribution in [3.8, 4) is 29.5 Å². The van der Waals surface area contributed by atoms with Crippen molar-refractivity contribution < 1.29 is 92.0 Å². The molecule has 0 radical (unpaired) electrons. The molecule has 1 unspecified atom stereocenters. The largest absolute Gasteiger partial charge is 0.497 e. The fraction of sp³-hybridized carbons (Fsp3) is 0.313. The molecule has 4 aliphatic heterocycles. The Labute approximate surface area is 814 Å². The SMILES string of the molecule is CC1(C)OB(c2ccc(C(C(=O)[C@@H]3CCC(=O)N3c3cc(C#N)ccn3)[C@H](C(=O)NC3CC(F)(F)C3)c3ccccc3Cl)cc2F)OC1(C)C.N#Cc1ccnc(N2C(=O)CC[C@H]2C(=O)N(c2ccc(-c3ccccn3)c(F)c2)[C@H](C(=O)NC2CC(F)(F)C2)c2ccccc2Cl)c1.N#Cc1ccnc(N2C(=O)CC[C@H]2C(=O)N(c2ccc(Br)c(F)c2)[C@H](C(=O)NC2CC(F)(F)C2)c2ccccc2Cl)c1. The van der Waals surface area contributed by atoms with Gasteiger partial charge in [-0.15, -0.1) is 0 Å². The lowest BCUT2D eigenvalue weighted by Crippen LogP contribution is -2.56. The zero-order chi connectivity index (χ0) is 99.6. The summed E-state index contributed by atoms with van der Waals surface area (Å²) in [5.41, 5.74) is 0.180. The van der Waals surface area contributed by atoms with E-state index in [1.807, 2.05) is 45.9 Å². The van der Waals surface area contributed by atoms with E-state index in [1.54, 1.807) is 60.7 Å². The molecule has 139 heavy (non-hydrogen) atoms. The zero-order valence-electron chi connectivity index (χ0n) is 74.2. The van der Waals surface area contributed by atoms with Gasteiger partial charge in [-0.1, -0.05) is 108 Å². The van der Waals surface area contributed by atoms with Gasteiger partial charge in [0.15, 0.2) is 5.78 Å². The number of ketones is 1. The van der Waals surface area contributed by atoms with Gasteiger partial charge in [-0.3, -0.25) is 72.6 Å². The number of nitriles is 3. The number of carbonyl (C=O) groups excluding carboxylic acids is 9. The van der Waals surface area contributed by atoms with Crippen LogP contribution in [0, 0.1) is 51.4 Å². The minimum Gasteiger partial charge on any atom is -0.399 e. The minimum absolute atomic E-state index is 0.0207. The minimum atomic E-state index is -2.94. The third-order valence-corrected chi connectivity index (χ3v) is 27.2. The lowest BCUT2D eigenvalue weighted by atomic mass is 9.73. The molecule has 8 heterocycles. The highest BCUT2D eigenvalue weighted by molar-refractivity contribution is 9.10. The van der Waals surface area contributed by atoms with Crippen molar-refractivity contribution in [2.45, 2.75) is 194 Å². The number of anilines is 5. The van der Waals surface area contributed by atoms with Gasteiger partial charge in [-0.2, -0.15) is 15.8 Å². The Morgan fingerprint density at radius 3 is 1.23 bits per heavy atom. The van der Waals surface area contributed by atoms with Crippen molar-refractivity contribution in [3.05, 3.63) is 283 Å². The monoisotopic (exact) mass is 2020 g/mol. The van der Waals surface area contributed by atoms with Gasteiger partial charge in [0.25, 0.3) is 29.6 Å². The summed E-state index contributed by atoms with van der Waals surface area (Å²) in [6.07, 6.45) is 2.06. The van der Waals surface area contributed by atoms with E-state index in [0.29, 0.717) is 5.69 Å². The molecule has 0 bridgehead atoms. The van der Waals surface area contributed by atoms with Gasteiger partial charge in [0, 0.05) is 149 Å². The van der Waals surface area contributed by atoms with Crippen LogP contribution in [0.25, 0.3) is 11.3 Å². The molecule has 4 aromatic heterocycles. The molecule has 714 valence electrons. The molecule has 40 heteroatoms. The highest BCUT2D eigenvalue weighted by Gasteiger charge is 2.56. The number of alkyl halides is 6. The van der Waals surface area contributed by atoms with Crippen LogP contribution in [-0.4, -0.2) is 145 Å². The first-order chi connectivity index (χ1) is 66.1. The number of pyridine rings is 4. The predicted octanol–water partition coefficient (Wildman–Crippen LogP) is 17.3. The number of benzene rings is 6. The number of amides is 8. The van der Waals surface area contributed by atoms with E-state index >= 15 is 8.78 Å². The van der Waals surface area contributed by atoms with Crippen LogP contribution in [0.15, 0.2) is 211 Å². The molecule has 3 saturated carbocycles. The molecular formula is C99H83BBrCl3F9N15O11. The summed E-state index contributed by atoms with van der Waals surface area (Å²) in [7, 11) is -1.06. The summed E-state index contributed by atoms with van der Waals surface area (Å²) in [5, 5.41) is 36.4. The van der Waals surface area contributed by atoms with Gasteiger partial charge >= 0.3 is 7.12 Å². The molecule has 6 aromatic carbocycles. The van der Waals surface area contributed by atoms with E-state index in [2.05, 4.69) is 51.8 Å². The molecule has 26 nitrogen and oxygen atoms in total. The summed E-state index contributed by atoms with van der Waals surface area (Å²) in [4.78, 5) is 148. The van der Waals surface area contributed by atoms with Crippen LogP contribution in [0.4, 0.5) is 68.3 Å². The summed E-state index contributed by atoms with van der Waals surface area (Å²) in [6.45, 7) is 7.31. The van der Waals surface area contributed by atoms with Crippen molar-refractivity contribution >= 4 is 145 Å². The van der Waals surface area contributed by atoms with Crippen LogP contribution in [0.1, 0.15) is 168 Å². The first kappa shape index (κ1) is 100.0. The average Bonchev–Trinajstić information content (AvgIpc) is 1.73. The Kier molecular flexibility index (Phi) is 29.4. The average molecular weight is 2030 g/mol. The number of aromatic nitrogens is 4. The van der Waals surface area contributed by atoms with Gasteiger partial charge in [-0.05, 0) is 183 Å². The van der Waals surface area contributed by atoms with Crippen molar-refractivity contribution in [2.24, 2.45) is 0 Å². The van der Waals surface area contributed by atoms with Crippen molar-refractivity contribution in [3.63, 3.8) is 0 Å². The number of rotatable bonds is 24. The van der Waals surface area contributed by atoms with E-state index in [-0.39, 0.29) is 137 Å². The molecule has 7 atom stereocenters. The van der Waals surface area contributed by atoms with E-state index in [1.165, 1.54) is 133 Å². The summed E-state index contributed by atoms with van der Waals surface area (Å²) < 4.78 is 142. The standard InChI is InChI=1S/C36H35BClF3N4O5.C34H26ClF3N6O3.C29H22BrClF3N5O3/c1-34(2)35(3,4)50-37(49-34)24-10-9-21(16-26(24)39)30(32(47)27-11-12-29(46)45(27)28-15-20(19-42)13-14-43-28)31(23-7-5-6-8-25(23)38)33(48)44-22-17-36(40,41)18-22;35-25-6-2-1-5-23(25)31(32(46)42-21-17-34(37,38)18-21)43(22-8-9-24(26(36)16-22)27-7-3-4-13-40-27)33(47)28-10-11-30(45)44(28)29-15-20(19-39)12-14-41-29;30-20-6-5-18(12-22(20)32)38(28(42)23-7-8-25(40)39(23)24-11-16(15-35)9-10-36-24)26(19-3-1-2-4-21(19)31)27(41)37-17-13-29(33,34)14-17/h5-10,13-16,22,27,30-31H,11-12,17-18H2,1-4H3,(H,44,48);1-9,12-16,21,28,31H,10-11,17-18H2,(H,42,46);1-6,9-12,17,23,26H,7-8,13-14H2,(H,37,41)/t27-,30?,31+;28-,31-;23-,26-/m000/s1. The van der Waals surface area contributed by atoms with E-state index in [9.17, 15) is 89.7 Å². The highest BCUT2D eigenvalue weighted by atomic mass is 79.9. The zero-order valence-corrected chi connectivity index (χ0v) is 78.1. The van der Waals surface area contributed by atoms with E-state index < -0.39 is 205 Å². The second-order valence-electron chi connectivity index (χ2n) is 35.4. The lowest BCUT2D eigenvalue weighted by Gasteiger charge is -2.39. The number of nitrogens with zero attached hydrogens (tertiary/aromatic N) is 12. The molecule has 4 saturated heterocycles. The van der Waals surface area contributed by atoms with Gasteiger partial charge in [-0.25, -0.2) is 54.5 Å². The highest BCUT2D eigenvalue weighted by Crippen LogP contribution is 2.48. The van der Waals surface area contributed by atoms with E-state index in [4.69, 9.17) is 44.1 Å². The molecule has 7 aliphatic rings. The van der Waals surface area contributed by atoms with Crippen molar-refractivity contribution in [2.75, 3.05) is 24.5 Å². The quantitative estimate of drug-likeness (QED) is 0.0374. The van der Waals surface area contributed by atoms with Crippen molar-refractivity contribution in [1.82, 2.24) is 35.9 Å². The predicted molar refractivity (Wildman–Crippen MR) is 498 cm³/mol. The van der Waals surface area contributed by atoms with Crippen molar-refractivity contribution in [1.29, 1.82) is 15.8 Å². The second kappa shape index (κ2) is 40.9. The van der Waals surface area contributed by atoms with Gasteiger partial charge in [0.05, 0.1) is 74.1 Å². The van der Waals surface area contributed by atoms with Crippen LogP contribution in [0.5, 0.6) is 0 Å². The maximum atomic E-state index is 16.2. The smallest absolute Gasteiger partial charge is 0.399 e. The Hall–Kier alpha value is -13.5. The lowest BCUT2D eigenvalue weighted by molar-refractivity contribution is -0.134. The molecule has 8 amide bonds. The molecular weight excluding hydrogens is 1940 g/mol. The fourth-order valence-electron chi connectivity index (χ4n) is 17.8. The number of halogens is 13. The normalized spacial score (nSPS) is 19.6. The number of hydrogen-bond donors (Lipinski definition) is 3. The van der Waals surface area contributed by atoms with E-state index in [0.717, 1.165) is 37.8 Å². The Balaban J connectivity index is 0.000000158. The second-order valence-corrected chi connectivity index (χ2v) is 37.5. The molecule has 3 aliphatic carbocycles. The van der Waals surface area contributed by atoms with Crippen LogP contribution < -0.4 is 45.9 Å². The summed E-state index contributed by atoms with van der Waals surface area (Å²) >= 11 is 22.8. The summed E-state index contributed by atoms with van der Waals surface area (Å²) in [5.74, 6) is -19.6. The van der Waals surface area contributed by atoms with Gasteiger partial charge in [0.2, 0.25) is 35.4 Å². The molecule has 3 N–H and O–H groups in total. The van der Waals surface area contributed by atoms with Crippen LogP contribution in [0.3, 0.4) is 0 Å². The van der Waals surface area contributed by atoms with Gasteiger partial charge < -0.3 is 25.3 Å².